The average molecular weight is 215 g/mol. The maximum atomic E-state index is 11.9. The van der Waals surface area contributed by atoms with E-state index in [1.807, 2.05) is 0 Å². The molecule has 0 saturated heterocycles. The average Bonchev–Trinajstić information content (AvgIpc) is 2.15. The van der Waals surface area contributed by atoms with E-state index < -0.39 is 18.9 Å². The highest BCUT2D eigenvalue weighted by Crippen LogP contribution is 2.23. The zero-order chi connectivity index (χ0) is 11.4. The molecule has 0 aliphatic carbocycles. The number of carbonyl (C=O) groups is 1. The van der Waals surface area contributed by atoms with Gasteiger partial charge >= 0.3 is 0 Å². The topological polar surface area (TPSA) is 52.3 Å². The summed E-state index contributed by atoms with van der Waals surface area (Å²) >= 11 is 0. The Morgan fingerprint density at radius 3 is 2.73 bits per heavy atom. The third kappa shape index (κ3) is 2.90. The Labute approximate surface area is 85.8 Å². The van der Waals surface area contributed by atoms with Crippen molar-refractivity contribution in [3.05, 3.63) is 29.3 Å². The molecule has 0 heterocycles. The molecule has 0 unspecified atom stereocenters. The number of hydrogen-bond acceptors (Lipinski definition) is 2. The molecule has 1 aromatic rings. The van der Waals surface area contributed by atoms with Gasteiger partial charge in [-0.05, 0) is 18.6 Å². The predicted octanol–water partition coefficient (Wildman–Crippen LogP) is 1.74. The molecule has 1 amide bonds. The maximum absolute atomic E-state index is 11.9. The van der Waals surface area contributed by atoms with Gasteiger partial charge in [0.1, 0.15) is 12.4 Å². The lowest BCUT2D eigenvalue weighted by molar-refractivity contribution is 0.0798. The maximum Gasteiger partial charge on any atom is 0.272 e. The zero-order valence-electron chi connectivity index (χ0n) is 8.17. The van der Waals surface area contributed by atoms with Gasteiger partial charge in [-0.15, -0.1) is 0 Å². The van der Waals surface area contributed by atoms with E-state index in [0.717, 1.165) is 0 Å². The molecule has 0 aliphatic rings. The molecule has 1 rings (SSSR count). The highest BCUT2D eigenvalue weighted by atomic mass is 19.3. The summed E-state index contributed by atoms with van der Waals surface area (Å²) in [6, 6.07) is 4.72. The van der Waals surface area contributed by atoms with Crippen LogP contribution in [0, 0.1) is 6.92 Å². The van der Waals surface area contributed by atoms with Crippen LogP contribution in [0.3, 0.4) is 0 Å². The van der Waals surface area contributed by atoms with E-state index in [9.17, 15) is 13.6 Å². The second-order valence-electron chi connectivity index (χ2n) is 3.02. The third-order valence-electron chi connectivity index (χ3n) is 1.83. The van der Waals surface area contributed by atoms with Gasteiger partial charge in [-0.1, -0.05) is 12.1 Å². The van der Waals surface area contributed by atoms with Crippen molar-refractivity contribution in [1.82, 2.24) is 0 Å². The number of alkyl halides is 2. The number of hydrogen-bond donors (Lipinski definition) is 1. The van der Waals surface area contributed by atoms with E-state index in [1.165, 1.54) is 6.07 Å². The molecular weight excluding hydrogens is 204 g/mol. The minimum atomic E-state index is -2.58. The fourth-order valence-electron chi connectivity index (χ4n) is 1.18. The first-order valence-electron chi connectivity index (χ1n) is 4.32. The lowest BCUT2D eigenvalue weighted by atomic mass is 10.1. The first kappa shape index (κ1) is 11.4. The molecule has 0 aromatic heterocycles. The van der Waals surface area contributed by atoms with Crippen molar-refractivity contribution in [2.75, 3.05) is 6.61 Å². The van der Waals surface area contributed by atoms with E-state index in [0.29, 0.717) is 5.56 Å². The predicted molar refractivity (Wildman–Crippen MR) is 51.2 cm³/mol. The zero-order valence-corrected chi connectivity index (χ0v) is 8.17. The summed E-state index contributed by atoms with van der Waals surface area (Å²) in [5, 5.41) is 0. The molecular formula is C10H11F2NO2. The van der Waals surface area contributed by atoms with Crippen LogP contribution >= 0.6 is 0 Å². The van der Waals surface area contributed by atoms with Gasteiger partial charge in [0, 0.05) is 0 Å². The Morgan fingerprint density at radius 1 is 1.53 bits per heavy atom. The summed E-state index contributed by atoms with van der Waals surface area (Å²) < 4.78 is 28.7. The van der Waals surface area contributed by atoms with E-state index in [1.54, 1.807) is 19.1 Å². The Kier molecular flexibility index (Phi) is 3.60. The molecule has 5 heteroatoms. The summed E-state index contributed by atoms with van der Waals surface area (Å²) in [5.74, 6) is -0.562. The van der Waals surface area contributed by atoms with E-state index in [-0.39, 0.29) is 11.3 Å². The minimum absolute atomic E-state index is 0.121. The van der Waals surface area contributed by atoms with Crippen LogP contribution in [0.1, 0.15) is 15.9 Å². The first-order chi connectivity index (χ1) is 7.02. The fourth-order valence-corrected chi connectivity index (χ4v) is 1.18. The molecule has 0 spiro atoms. The molecule has 0 bridgehead atoms. The molecule has 82 valence electrons. The highest BCUT2D eigenvalue weighted by molar-refractivity contribution is 5.96. The van der Waals surface area contributed by atoms with Crippen molar-refractivity contribution in [2.45, 2.75) is 13.3 Å². The standard InChI is InChI=1S/C10H11F2NO2/c1-6-3-2-4-7(10(13)14)9(6)15-5-8(11)12/h2-4,8H,5H2,1H3,(H2,13,14). The fraction of sp³-hybridized carbons (Fsp3) is 0.300. The van der Waals surface area contributed by atoms with Crippen molar-refractivity contribution in [1.29, 1.82) is 0 Å². The Bertz CT molecular complexity index is 366. The number of halogens is 2. The number of para-hydroxylation sites is 1. The molecule has 2 N–H and O–H groups in total. The summed E-state index contributed by atoms with van der Waals surface area (Å²) in [6.45, 7) is 0.915. The summed E-state index contributed by atoms with van der Waals surface area (Å²) in [5.41, 5.74) is 5.81. The van der Waals surface area contributed by atoms with Crippen molar-refractivity contribution < 1.29 is 18.3 Å². The van der Waals surface area contributed by atoms with Crippen LogP contribution in [0.2, 0.25) is 0 Å². The van der Waals surface area contributed by atoms with Gasteiger partial charge in [0.05, 0.1) is 5.56 Å². The van der Waals surface area contributed by atoms with Crippen LogP contribution in [0.5, 0.6) is 5.75 Å². The monoisotopic (exact) mass is 215 g/mol. The summed E-state index contributed by atoms with van der Waals surface area (Å²) in [7, 11) is 0. The van der Waals surface area contributed by atoms with Crippen molar-refractivity contribution >= 4 is 5.91 Å². The summed E-state index contributed by atoms with van der Waals surface area (Å²) in [4.78, 5) is 11.0. The van der Waals surface area contributed by atoms with Gasteiger partial charge in [0.15, 0.2) is 0 Å². The summed E-state index contributed by atoms with van der Waals surface area (Å²) in [6.07, 6.45) is -2.58. The van der Waals surface area contributed by atoms with Crippen LogP contribution in [0.25, 0.3) is 0 Å². The van der Waals surface area contributed by atoms with Gasteiger partial charge in [-0.3, -0.25) is 4.79 Å². The molecule has 0 radical (unpaired) electrons. The third-order valence-corrected chi connectivity index (χ3v) is 1.83. The van der Waals surface area contributed by atoms with Crippen LogP contribution in [-0.4, -0.2) is 18.9 Å². The Balaban J connectivity index is 2.97. The highest BCUT2D eigenvalue weighted by Gasteiger charge is 2.13. The van der Waals surface area contributed by atoms with Gasteiger partial charge in [0.2, 0.25) is 0 Å². The molecule has 0 atom stereocenters. The van der Waals surface area contributed by atoms with E-state index in [4.69, 9.17) is 10.5 Å². The number of aryl methyl sites for hydroxylation is 1. The molecule has 3 nitrogen and oxygen atoms in total. The smallest absolute Gasteiger partial charge is 0.272 e. The number of primary amides is 1. The van der Waals surface area contributed by atoms with Gasteiger partial charge in [-0.2, -0.15) is 0 Å². The number of nitrogens with two attached hydrogens (primary N) is 1. The second-order valence-corrected chi connectivity index (χ2v) is 3.02. The molecule has 0 saturated carbocycles. The molecule has 15 heavy (non-hydrogen) atoms. The van der Waals surface area contributed by atoms with Crippen molar-refractivity contribution in [3.63, 3.8) is 0 Å². The van der Waals surface area contributed by atoms with Crippen LogP contribution in [0.15, 0.2) is 18.2 Å². The molecule has 1 aromatic carbocycles. The number of rotatable bonds is 4. The van der Waals surface area contributed by atoms with Gasteiger partial charge in [-0.25, -0.2) is 8.78 Å². The van der Waals surface area contributed by atoms with Gasteiger partial charge < -0.3 is 10.5 Å². The lowest BCUT2D eigenvalue weighted by Crippen LogP contribution is -2.16. The number of benzene rings is 1. The van der Waals surface area contributed by atoms with E-state index >= 15 is 0 Å². The minimum Gasteiger partial charge on any atom is -0.487 e. The van der Waals surface area contributed by atoms with Crippen molar-refractivity contribution in [2.24, 2.45) is 5.73 Å². The van der Waals surface area contributed by atoms with Gasteiger partial charge in [0.25, 0.3) is 12.3 Å². The normalized spacial score (nSPS) is 10.4. The SMILES string of the molecule is Cc1cccc(C(N)=O)c1OCC(F)F. The number of amides is 1. The Hall–Kier alpha value is -1.65. The van der Waals surface area contributed by atoms with Crippen LogP contribution < -0.4 is 10.5 Å². The van der Waals surface area contributed by atoms with Crippen molar-refractivity contribution in [3.8, 4) is 5.75 Å². The second kappa shape index (κ2) is 4.72. The molecule has 0 fully saturated rings. The number of ether oxygens (including phenoxy) is 1. The quantitative estimate of drug-likeness (QED) is 0.831. The number of carbonyl (C=O) groups excluding carboxylic acids is 1. The lowest BCUT2D eigenvalue weighted by Gasteiger charge is -2.11. The Morgan fingerprint density at radius 2 is 2.20 bits per heavy atom. The van der Waals surface area contributed by atoms with Crippen LogP contribution in [0.4, 0.5) is 8.78 Å². The van der Waals surface area contributed by atoms with E-state index in [2.05, 4.69) is 0 Å². The largest absolute Gasteiger partial charge is 0.487 e. The molecule has 0 aliphatic heterocycles. The first-order valence-corrected chi connectivity index (χ1v) is 4.32. The van der Waals surface area contributed by atoms with Crippen LogP contribution in [-0.2, 0) is 0 Å².